The second kappa shape index (κ2) is 5.53. The normalized spacial score (nSPS) is 27.4. The van der Waals surface area contributed by atoms with Crippen LogP contribution < -0.4 is 5.73 Å². The fraction of sp³-hybridized carbons (Fsp3) is 0.733. The minimum Gasteiger partial charge on any atom is -0.324 e. The van der Waals surface area contributed by atoms with Gasteiger partial charge in [0, 0.05) is 10.9 Å². The molecule has 1 saturated carbocycles. The average Bonchev–Trinajstić information content (AvgIpc) is 2.75. The van der Waals surface area contributed by atoms with Crippen LogP contribution in [0.25, 0.3) is 0 Å². The molecule has 96 valence electrons. The third-order valence-corrected chi connectivity index (χ3v) is 5.28. The number of hydrogen-bond acceptors (Lipinski definition) is 2. The highest BCUT2D eigenvalue weighted by Gasteiger charge is 2.27. The first-order valence-corrected chi connectivity index (χ1v) is 7.76. The molecule has 1 heterocycles. The maximum absolute atomic E-state index is 6.41. The van der Waals surface area contributed by atoms with Crippen molar-refractivity contribution in [1.82, 2.24) is 0 Å². The summed E-state index contributed by atoms with van der Waals surface area (Å²) in [6, 6.07) is 2.54. The Kier molecular flexibility index (Phi) is 4.26. The second-order valence-corrected chi connectivity index (χ2v) is 7.05. The van der Waals surface area contributed by atoms with Gasteiger partial charge >= 0.3 is 0 Å². The van der Waals surface area contributed by atoms with Gasteiger partial charge in [0.15, 0.2) is 0 Å². The summed E-state index contributed by atoms with van der Waals surface area (Å²) in [7, 11) is 0. The molecule has 1 atom stereocenters. The van der Waals surface area contributed by atoms with Crippen LogP contribution in [0.2, 0.25) is 0 Å². The Morgan fingerprint density at radius 1 is 1.18 bits per heavy atom. The monoisotopic (exact) mass is 251 g/mol. The first-order chi connectivity index (χ1) is 8.08. The fourth-order valence-electron chi connectivity index (χ4n) is 3.08. The molecule has 2 heteroatoms. The van der Waals surface area contributed by atoms with Gasteiger partial charge in [0.1, 0.15) is 0 Å². The van der Waals surface area contributed by atoms with Gasteiger partial charge in [-0.2, -0.15) is 0 Å². The van der Waals surface area contributed by atoms with E-state index in [1.165, 1.54) is 36.1 Å². The summed E-state index contributed by atoms with van der Waals surface area (Å²) >= 11 is 1.82. The van der Waals surface area contributed by atoms with Gasteiger partial charge in [-0.1, -0.05) is 13.8 Å². The van der Waals surface area contributed by atoms with Crippen molar-refractivity contribution in [2.24, 2.45) is 23.5 Å². The highest BCUT2D eigenvalue weighted by atomic mass is 32.1. The van der Waals surface area contributed by atoms with Crippen LogP contribution in [0.3, 0.4) is 0 Å². The van der Waals surface area contributed by atoms with Crippen LogP contribution in [0.1, 0.15) is 56.0 Å². The predicted molar refractivity (Wildman–Crippen MR) is 76.3 cm³/mol. The molecule has 0 bridgehead atoms. The number of nitrogens with two attached hydrogens (primary N) is 1. The van der Waals surface area contributed by atoms with Crippen molar-refractivity contribution in [3.8, 4) is 0 Å². The number of hydrogen-bond donors (Lipinski definition) is 1. The smallest absolute Gasteiger partial charge is 0.0331 e. The van der Waals surface area contributed by atoms with E-state index in [4.69, 9.17) is 5.73 Å². The molecule has 0 spiro atoms. The Bertz CT molecular complexity index is 348. The molecule has 0 aliphatic heterocycles. The van der Waals surface area contributed by atoms with Gasteiger partial charge in [0.25, 0.3) is 0 Å². The number of thiophene rings is 1. The summed E-state index contributed by atoms with van der Waals surface area (Å²) in [6.07, 6.45) is 5.39. The van der Waals surface area contributed by atoms with Crippen LogP contribution >= 0.6 is 11.3 Å². The van der Waals surface area contributed by atoms with Gasteiger partial charge in [0.2, 0.25) is 0 Å². The molecule has 1 aliphatic rings. The predicted octanol–water partition coefficient (Wildman–Crippen LogP) is 4.52. The standard InChI is InChI=1S/C15H25NS/c1-10(2)12-4-6-13(7-5-12)15(16)14-8-11(3)17-9-14/h8-10,12-13,15H,4-7,16H2,1-3H3. The lowest BCUT2D eigenvalue weighted by Crippen LogP contribution is -2.27. The summed E-state index contributed by atoms with van der Waals surface area (Å²) < 4.78 is 0. The van der Waals surface area contributed by atoms with E-state index in [1.54, 1.807) is 0 Å². The fourth-order valence-corrected chi connectivity index (χ4v) is 3.83. The zero-order valence-electron chi connectivity index (χ0n) is 11.3. The molecule has 1 aromatic heterocycles. The third-order valence-electron chi connectivity index (χ3n) is 4.40. The van der Waals surface area contributed by atoms with Crippen LogP contribution in [0.15, 0.2) is 11.4 Å². The average molecular weight is 251 g/mol. The molecule has 2 N–H and O–H groups in total. The number of rotatable bonds is 3. The molecule has 0 radical (unpaired) electrons. The van der Waals surface area contributed by atoms with Gasteiger partial charge in [-0.15, -0.1) is 11.3 Å². The van der Waals surface area contributed by atoms with Gasteiger partial charge in [-0.3, -0.25) is 0 Å². The van der Waals surface area contributed by atoms with Crippen molar-refractivity contribution in [3.63, 3.8) is 0 Å². The van der Waals surface area contributed by atoms with E-state index in [2.05, 4.69) is 32.2 Å². The molecule has 1 nitrogen and oxygen atoms in total. The molecule has 1 aliphatic carbocycles. The van der Waals surface area contributed by atoms with Gasteiger partial charge in [-0.25, -0.2) is 0 Å². The van der Waals surface area contributed by atoms with E-state index >= 15 is 0 Å². The van der Waals surface area contributed by atoms with E-state index in [0.717, 1.165) is 11.8 Å². The van der Waals surface area contributed by atoms with Crippen molar-refractivity contribution >= 4 is 11.3 Å². The molecule has 0 aromatic carbocycles. The van der Waals surface area contributed by atoms with Crippen molar-refractivity contribution < 1.29 is 0 Å². The summed E-state index contributed by atoms with van der Waals surface area (Å²) in [5.74, 6) is 2.48. The quantitative estimate of drug-likeness (QED) is 0.840. The third kappa shape index (κ3) is 3.11. The van der Waals surface area contributed by atoms with Gasteiger partial charge in [0.05, 0.1) is 0 Å². The largest absolute Gasteiger partial charge is 0.324 e. The first-order valence-electron chi connectivity index (χ1n) is 6.88. The topological polar surface area (TPSA) is 26.0 Å². The molecule has 0 amide bonds. The lowest BCUT2D eigenvalue weighted by atomic mass is 9.74. The van der Waals surface area contributed by atoms with E-state index in [-0.39, 0.29) is 6.04 Å². The van der Waals surface area contributed by atoms with Crippen LogP contribution in [0.4, 0.5) is 0 Å². The summed E-state index contributed by atoms with van der Waals surface area (Å²) in [6.45, 7) is 6.87. The molecule has 17 heavy (non-hydrogen) atoms. The van der Waals surface area contributed by atoms with E-state index in [9.17, 15) is 0 Å². The van der Waals surface area contributed by atoms with E-state index in [0.29, 0.717) is 5.92 Å². The Morgan fingerprint density at radius 2 is 1.76 bits per heavy atom. The first kappa shape index (κ1) is 13.1. The lowest BCUT2D eigenvalue weighted by Gasteiger charge is -2.33. The molecular weight excluding hydrogens is 226 g/mol. The molecule has 1 fully saturated rings. The van der Waals surface area contributed by atoms with Crippen LogP contribution in [0.5, 0.6) is 0 Å². The Hall–Kier alpha value is -0.340. The Labute approximate surface area is 109 Å². The van der Waals surface area contributed by atoms with Crippen LogP contribution in [0, 0.1) is 24.7 Å². The minimum absolute atomic E-state index is 0.271. The molecule has 2 rings (SSSR count). The molecule has 1 aromatic rings. The maximum atomic E-state index is 6.41. The number of aryl methyl sites for hydroxylation is 1. The maximum Gasteiger partial charge on any atom is 0.0331 e. The van der Waals surface area contributed by atoms with Crippen LogP contribution in [-0.2, 0) is 0 Å². The van der Waals surface area contributed by atoms with Gasteiger partial charge in [-0.05, 0) is 67.4 Å². The van der Waals surface area contributed by atoms with Crippen molar-refractivity contribution in [1.29, 1.82) is 0 Å². The second-order valence-electron chi connectivity index (χ2n) is 5.94. The van der Waals surface area contributed by atoms with Crippen molar-refractivity contribution in [2.75, 3.05) is 0 Å². The SMILES string of the molecule is Cc1cc(C(N)C2CCC(C(C)C)CC2)cs1. The minimum atomic E-state index is 0.271. The Morgan fingerprint density at radius 3 is 2.24 bits per heavy atom. The lowest BCUT2D eigenvalue weighted by molar-refractivity contribution is 0.204. The van der Waals surface area contributed by atoms with E-state index in [1.807, 2.05) is 11.3 Å². The Balaban J connectivity index is 1.92. The summed E-state index contributed by atoms with van der Waals surface area (Å²) in [5, 5.41) is 2.24. The van der Waals surface area contributed by atoms with Crippen molar-refractivity contribution in [3.05, 3.63) is 21.9 Å². The summed E-state index contributed by atoms with van der Waals surface area (Å²) in [4.78, 5) is 1.38. The van der Waals surface area contributed by atoms with E-state index < -0.39 is 0 Å². The van der Waals surface area contributed by atoms with Crippen LogP contribution in [-0.4, -0.2) is 0 Å². The summed E-state index contributed by atoms with van der Waals surface area (Å²) in [5.41, 5.74) is 7.77. The molecular formula is C15H25NS. The van der Waals surface area contributed by atoms with Gasteiger partial charge < -0.3 is 5.73 Å². The zero-order valence-corrected chi connectivity index (χ0v) is 12.1. The zero-order chi connectivity index (χ0) is 12.4. The molecule has 0 saturated heterocycles. The van der Waals surface area contributed by atoms with Crippen molar-refractivity contribution in [2.45, 2.75) is 52.5 Å². The molecule has 1 unspecified atom stereocenters. The highest BCUT2D eigenvalue weighted by Crippen LogP contribution is 2.39. The highest BCUT2D eigenvalue weighted by molar-refractivity contribution is 7.10.